The minimum atomic E-state index is -0.836. The standard InChI is InChI=1S/C27H25N3O5/c1-16(2)28-25(31)18-9-11-19(12-10-18)29-24(17-7-5-4-6-8-17)23-21-14-13-20(35-27(33)34-3)15-22(21)30-26(23)32/h4-16,30,32H,1-3H3,(H,28,31). The maximum absolute atomic E-state index is 12.3. The number of nitrogens with one attached hydrogen (secondary N) is 2. The van der Waals surface area contributed by atoms with E-state index in [9.17, 15) is 14.7 Å². The van der Waals surface area contributed by atoms with Crippen molar-refractivity contribution in [1.82, 2.24) is 10.3 Å². The first-order valence-corrected chi connectivity index (χ1v) is 11.0. The number of ether oxygens (including phenoxy) is 2. The van der Waals surface area contributed by atoms with Gasteiger partial charge in [-0.25, -0.2) is 9.79 Å². The minimum Gasteiger partial charge on any atom is -0.494 e. The number of aromatic nitrogens is 1. The highest BCUT2D eigenvalue weighted by atomic mass is 16.7. The van der Waals surface area contributed by atoms with Crippen LogP contribution in [0.5, 0.6) is 11.6 Å². The van der Waals surface area contributed by atoms with Crippen molar-refractivity contribution in [2.75, 3.05) is 7.11 Å². The molecule has 0 saturated carbocycles. The number of fused-ring (bicyclic) bond motifs is 1. The van der Waals surface area contributed by atoms with E-state index in [1.54, 1.807) is 42.5 Å². The van der Waals surface area contributed by atoms with Gasteiger partial charge in [-0.2, -0.15) is 0 Å². The molecule has 0 spiro atoms. The lowest BCUT2D eigenvalue weighted by molar-refractivity contribution is 0.0943. The number of rotatable bonds is 6. The molecule has 0 aliphatic rings. The van der Waals surface area contributed by atoms with Gasteiger partial charge >= 0.3 is 6.16 Å². The van der Waals surface area contributed by atoms with Crippen molar-refractivity contribution >= 4 is 34.4 Å². The first-order valence-electron chi connectivity index (χ1n) is 11.0. The third kappa shape index (κ3) is 5.33. The molecule has 3 aromatic carbocycles. The molecule has 0 unspecified atom stereocenters. The lowest BCUT2D eigenvalue weighted by atomic mass is 10.0. The summed E-state index contributed by atoms with van der Waals surface area (Å²) in [4.78, 5) is 31.5. The van der Waals surface area contributed by atoms with Gasteiger partial charge in [0.15, 0.2) is 5.88 Å². The number of hydrogen-bond acceptors (Lipinski definition) is 6. The molecule has 3 N–H and O–H groups in total. The molecule has 8 heteroatoms. The van der Waals surface area contributed by atoms with Crippen molar-refractivity contribution in [3.05, 3.63) is 89.5 Å². The molecule has 0 aliphatic heterocycles. The molecular weight excluding hydrogens is 446 g/mol. The number of carbonyl (C=O) groups excluding carboxylic acids is 2. The summed E-state index contributed by atoms with van der Waals surface area (Å²) >= 11 is 0. The normalized spacial score (nSPS) is 11.5. The van der Waals surface area contributed by atoms with Crippen LogP contribution in [0.25, 0.3) is 10.9 Å². The molecule has 0 radical (unpaired) electrons. The zero-order valence-corrected chi connectivity index (χ0v) is 19.5. The predicted molar refractivity (Wildman–Crippen MR) is 134 cm³/mol. The number of hydrogen-bond donors (Lipinski definition) is 3. The number of nitrogens with zero attached hydrogens (tertiary/aromatic N) is 1. The summed E-state index contributed by atoms with van der Waals surface area (Å²) in [5.41, 5.74) is 3.53. The van der Waals surface area contributed by atoms with E-state index >= 15 is 0 Å². The van der Waals surface area contributed by atoms with Crippen molar-refractivity contribution in [2.24, 2.45) is 4.99 Å². The number of methoxy groups -OCH3 is 1. The fraction of sp³-hybridized carbons (Fsp3) is 0.148. The summed E-state index contributed by atoms with van der Waals surface area (Å²) in [7, 11) is 1.23. The Morgan fingerprint density at radius 3 is 2.34 bits per heavy atom. The van der Waals surface area contributed by atoms with E-state index in [1.165, 1.54) is 7.11 Å². The average molecular weight is 472 g/mol. The maximum Gasteiger partial charge on any atom is 0.513 e. The Labute approximate surface area is 202 Å². The van der Waals surface area contributed by atoms with E-state index in [4.69, 9.17) is 9.73 Å². The van der Waals surface area contributed by atoms with Gasteiger partial charge in [0, 0.05) is 28.6 Å². The van der Waals surface area contributed by atoms with Gasteiger partial charge in [0.1, 0.15) is 5.75 Å². The zero-order valence-electron chi connectivity index (χ0n) is 19.5. The molecular formula is C27H25N3O5. The van der Waals surface area contributed by atoms with Gasteiger partial charge in [-0.1, -0.05) is 30.3 Å². The maximum atomic E-state index is 12.3. The molecule has 8 nitrogen and oxygen atoms in total. The molecule has 1 aromatic heterocycles. The Morgan fingerprint density at radius 2 is 1.69 bits per heavy atom. The number of amides is 1. The smallest absolute Gasteiger partial charge is 0.494 e. The predicted octanol–water partition coefficient (Wildman–Crippen LogP) is 5.33. The highest BCUT2D eigenvalue weighted by molar-refractivity contribution is 6.22. The van der Waals surface area contributed by atoms with Gasteiger partial charge in [0.2, 0.25) is 0 Å². The van der Waals surface area contributed by atoms with Crippen LogP contribution in [0.1, 0.15) is 35.3 Å². The second-order valence-electron chi connectivity index (χ2n) is 8.11. The highest BCUT2D eigenvalue weighted by Gasteiger charge is 2.19. The van der Waals surface area contributed by atoms with Crippen LogP contribution in [-0.2, 0) is 4.74 Å². The van der Waals surface area contributed by atoms with Crippen molar-refractivity contribution in [2.45, 2.75) is 19.9 Å². The van der Waals surface area contributed by atoms with Crippen molar-refractivity contribution < 1.29 is 24.2 Å². The monoisotopic (exact) mass is 471 g/mol. The third-order valence-electron chi connectivity index (χ3n) is 5.19. The van der Waals surface area contributed by atoms with Crippen LogP contribution in [0, 0.1) is 0 Å². The quantitative estimate of drug-likeness (QED) is 0.200. The number of aromatic amines is 1. The van der Waals surface area contributed by atoms with Crippen LogP contribution in [0.3, 0.4) is 0 Å². The Balaban J connectivity index is 1.78. The number of H-pyrrole nitrogens is 1. The van der Waals surface area contributed by atoms with Gasteiger partial charge < -0.3 is 24.9 Å². The molecule has 0 bridgehead atoms. The van der Waals surface area contributed by atoms with Gasteiger partial charge in [0.25, 0.3) is 5.91 Å². The fourth-order valence-electron chi connectivity index (χ4n) is 3.63. The van der Waals surface area contributed by atoms with Crippen molar-refractivity contribution in [1.29, 1.82) is 0 Å². The molecule has 0 aliphatic carbocycles. The summed E-state index contributed by atoms with van der Waals surface area (Å²) in [6.07, 6.45) is -0.836. The number of aromatic hydroxyl groups is 1. The SMILES string of the molecule is COC(=O)Oc1ccc2c(C(=Nc3ccc(C(=O)NC(C)C)cc3)c3ccccc3)c(O)[nH]c2c1. The van der Waals surface area contributed by atoms with E-state index in [-0.39, 0.29) is 23.6 Å². The molecule has 0 saturated heterocycles. The van der Waals surface area contributed by atoms with Gasteiger partial charge in [-0.05, 0) is 50.2 Å². The Morgan fingerprint density at radius 1 is 0.971 bits per heavy atom. The molecule has 0 fully saturated rings. The fourth-order valence-corrected chi connectivity index (χ4v) is 3.63. The second kappa shape index (κ2) is 10.1. The van der Waals surface area contributed by atoms with E-state index in [1.807, 2.05) is 44.2 Å². The summed E-state index contributed by atoms with van der Waals surface area (Å²) in [5, 5.41) is 14.4. The first kappa shape index (κ1) is 23.6. The topological polar surface area (TPSA) is 113 Å². The Hall–Kier alpha value is -4.59. The Bertz CT molecular complexity index is 1390. The van der Waals surface area contributed by atoms with E-state index in [2.05, 4.69) is 15.0 Å². The van der Waals surface area contributed by atoms with Crippen LogP contribution in [0.15, 0.2) is 77.8 Å². The number of carbonyl (C=O) groups is 2. The van der Waals surface area contributed by atoms with E-state index in [0.717, 1.165) is 5.56 Å². The lowest BCUT2D eigenvalue weighted by Gasteiger charge is -2.10. The molecule has 1 heterocycles. The minimum absolute atomic E-state index is 0.0354. The van der Waals surface area contributed by atoms with Crippen molar-refractivity contribution in [3.8, 4) is 11.6 Å². The number of aliphatic imine (C=N–C) groups is 1. The second-order valence-corrected chi connectivity index (χ2v) is 8.11. The van der Waals surface area contributed by atoms with Crippen LogP contribution in [0.2, 0.25) is 0 Å². The van der Waals surface area contributed by atoms with E-state index in [0.29, 0.717) is 33.4 Å². The first-order chi connectivity index (χ1) is 16.9. The van der Waals surface area contributed by atoms with Crippen LogP contribution in [0.4, 0.5) is 10.5 Å². The molecule has 0 atom stereocenters. The van der Waals surface area contributed by atoms with Gasteiger partial charge in [0.05, 0.1) is 29.6 Å². The van der Waals surface area contributed by atoms with Crippen LogP contribution < -0.4 is 10.1 Å². The summed E-state index contributed by atoms with van der Waals surface area (Å²) in [5.74, 6) is 0.0365. The summed E-state index contributed by atoms with van der Waals surface area (Å²) in [6.45, 7) is 3.81. The van der Waals surface area contributed by atoms with Crippen LogP contribution in [-0.4, -0.2) is 41.0 Å². The molecule has 1 amide bonds. The molecule has 4 aromatic rings. The third-order valence-corrected chi connectivity index (χ3v) is 5.19. The van der Waals surface area contributed by atoms with Gasteiger partial charge in [-0.15, -0.1) is 0 Å². The zero-order chi connectivity index (χ0) is 24.9. The number of benzene rings is 3. The molecule has 4 rings (SSSR count). The molecule has 178 valence electrons. The average Bonchev–Trinajstić information content (AvgIpc) is 3.17. The summed E-state index contributed by atoms with van der Waals surface area (Å²) in [6, 6.07) is 21.4. The van der Waals surface area contributed by atoms with Crippen LogP contribution >= 0.6 is 0 Å². The van der Waals surface area contributed by atoms with E-state index < -0.39 is 6.16 Å². The van der Waals surface area contributed by atoms with Gasteiger partial charge in [-0.3, -0.25) is 4.79 Å². The lowest BCUT2D eigenvalue weighted by Crippen LogP contribution is -2.29. The molecule has 35 heavy (non-hydrogen) atoms. The summed E-state index contributed by atoms with van der Waals surface area (Å²) < 4.78 is 9.62. The highest BCUT2D eigenvalue weighted by Crippen LogP contribution is 2.33. The Kier molecular flexibility index (Phi) is 6.82. The van der Waals surface area contributed by atoms with Crippen molar-refractivity contribution in [3.63, 3.8) is 0 Å². The largest absolute Gasteiger partial charge is 0.513 e.